The SMILES string of the molecule is CC(C)(C)N/C=C(\N)CN(CC1=CN(Cc2ccc(CCCCOS(=O)(=O)O)cc2)NN1)Cc1cn(C(C)(C)C)nn1.CC(C)(C)N/C=C(\N)CN(Cc1cn(Cc2ccc(CCCF)cc2)nn1)Cc1cn(C(C)(C)C)nn1.N.N.N.N.N/C(=C\NCCO)CN(CC1=CN(COCCCCOS(=O)(=O)[O-])NN1)Cc1cn(CCO)nn1.N/C(=C\NCCO)CN(CC1=CN(COCCCF)NN1)Cc1cn(CCO)nn1. The predicted octanol–water partition coefficient (Wildman–Crippen LogP) is 1.75. The van der Waals surface area contributed by atoms with E-state index < -0.39 is 27.5 Å². The van der Waals surface area contributed by atoms with Gasteiger partial charge in [-0.15, -0.1) is 42.1 Å². The van der Waals surface area contributed by atoms with Crippen molar-refractivity contribution in [3.05, 3.63) is 214 Å². The fourth-order valence-corrected chi connectivity index (χ4v) is 14.2. The number of aliphatic hydroxyl groups excluding tert-OH is 4. The molecule has 5 aromatic heterocycles. The maximum Gasteiger partial charge on any atom is 0.397 e. The van der Waals surface area contributed by atoms with Gasteiger partial charge in [0.25, 0.3) is 0 Å². The second kappa shape index (κ2) is 67.5. The number of aromatic nitrogens is 15. The smallest absolute Gasteiger partial charge is 0.397 e. The van der Waals surface area contributed by atoms with Gasteiger partial charge >= 0.3 is 10.4 Å². The van der Waals surface area contributed by atoms with E-state index in [0.29, 0.717) is 181 Å². The van der Waals surface area contributed by atoms with E-state index in [0.717, 1.165) is 98.5 Å². The lowest BCUT2D eigenvalue weighted by Gasteiger charge is -2.24. The number of aryl methyl sites for hydroxylation is 2. The van der Waals surface area contributed by atoms with E-state index in [1.807, 2.05) is 67.3 Å². The van der Waals surface area contributed by atoms with Crippen LogP contribution in [0.1, 0.15) is 172 Å². The Morgan fingerprint density at radius 3 is 1.13 bits per heavy atom. The van der Waals surface area contributed by atoms with Crippen LogP contribution in [-0.2, 0) is 121 Å². The monoisotopic (exact) mass is 2130 g/mol. The molecule has 2 aromatic carbocycles. The van der Waals surface area contributed by atoms with E-state index in [2.05, 4.69) is 267 Å². The van der Waals surface area contributed by atoms with Gasteiger partial charge in [-0.3, -0.25) is 52.1 Å². The zero-order valence-corrected chi connectivity index (χ0v) is 89.5. The number of nitrogens with two attached hydrogens (primary N) is 4. The number of hydrazine groups is 6. The Morgan fingerprint density at radius 2 is 0.750 bits per heavy atom. The minimum Gasteiger partial charge on any atom is -0.726 e. The summed E-state index contributed by atoms with van der Waals surface area (Å²) in [6, 6.07) is 16.5. The quantitative estimate of drug-likeness (QED) is 0.0147. The van der Waals surface area contributed by atoms with E-state index in [1.165, 1.54) is 0 Å². The molecule has 0 atom stereocenters. The third kappa shape index (κ3) is 56.2. The van der Waals surface area contributed by atoms with Gasteiger partial charge in [0.1, 0.15) is 13.5 Å². The second-order valence-electron chi connectivity index (χ2n) is 38.5. The Labute approximate surface area is 868 Å². The third-order valence-corrected chi connectivity index (χ3v) is 21.2. The number of hydrogen-bond acceptors (Lipinski definition) is 48. The number of halogens is 2. The zero-order chi connectivity index (χ0) is 105. The van der Waals surface area contributed by atoms with Crippen molar-refractivity contribution in [1.29, 1.82) is 0 Å². The van der Waals surface area contributed by atoms with Crippen LogP contribution in [-0.4, -0.2) is 306 Å². The highest BCUT2D eigenvalue weighted by Crippen LogP contribution is 2.21. The highest BCUT2D eigenvalue weighted by molar-refractivity contribution is 7.81. The summed E-state index contributed by atoms with van der Waals surface area (Å²) in [6.45, 7) is 34.6. The van der Waals surface area contributed by atoms with Gasteiger partial charge in [-0.25, -0.2) is 36.0 Å². The van der Waals surface area contributed by atoms with Crippen LogP contribution in [0.3, 0.4) is 0 Å². The number of nitrogens with zero attached hydrogens (tertiary/aromatic N) is 22. The first-order valence-corrected chi connectivity index (χ1v) is 50.4. The van der Waals surface area contributed by atoms with Gasteiger partial charge in [0.2, 0.25) is 10.4 Å². The lowest BCUT2D eigenvalue weighted by Crippen LogP contribution is -2.39. The summed E-state index contributed by atoms with van der Waals surface area (Å²) in [5, 5.41) is 96.2. The van der Waals surface area contributed by atoms with Gasteiger partial charge in [0.15, 0.2) is 0 Å². The summed E-state index contributed by atoms with van der Waals surface area (Å²) < 4.78 is 114. The average molecular weight is 2140 g/mol. The first kappa shape index (κ1) is 131. The Bertz CT molecular complexity index is 5310. The number of ether oxygens (including phenoxy) is 2. The normalized spacial score (nSPS) is 13.8. The van der Waals surface area contributed by atoms with Crippen LogP contribution in [0.25, 0.3) is 0 Å². The molecule has 58 heteroatoms. The van der Waals surface area contributed by atoms with Crippen LogP contribution < -0.4 is 102 Å². The van der Waals surface area contributed by atoms with Crippen LogP contribution in [0.15, 0.2) is 163 Å². The van der Waals surface area contributed by atoms with Crippen molar-refractivity contribution in [2.45, 2.75) is 216 Å². The topological polar surface area (TPSA) is 770 Å². The number of alkyl halides is 2. The summed E-state index contributed by atoms with van der Waals surface area (Å²) in [4.78, 5) is 8.50. The number of rotatable bonds is 62. The lowest BCUT2D eigenvalue weighted by atomic mass is 10.1. The molecule has 3 aliphatic heterocycles. The van der Waals surface area contributed by atoms with Gasteiger partial charge in [-0.2, -0.15) is 8.42 Å². The molecule has 0 saturated carbocycles. The van der Waals surface area contributed by atoms with Gasteiger partial charge in [0, 0.05) is 188 Å². The molecule has 148 heavy (non-hydrogen) atoms. The first-order valence-electron chi connectivity index (χ1n) is 47.7. The maximum absolute atomic E-state index is 12.4. The molecule has 8 heterocycles. The first-order chi connectivity index (χ1) is 68.4. The fourth-order valence-electron chi connectivity index (χ4n) is 13.5. The molecule has 54 nitrogen and oxygen atoms in total. The molecule has 0 unspecified atom stereocenters. The van der Waals surface area contributed by atoms with Gasteiger partial charge in [0.05, 0.1) is 161 Å². The largest absolute Gasteiger partial charge is 0.726 e. The zero-order valence-electron chi connectivity index (χ0n) is 87.9. The standard InChI is InChI=1S/C28H47N9O4S.C27H42FN9.C18H35N9O7S.C17H32FN9O3.4H3N/c1-27(2,3)30-15-24(29)17-35(19-26-21-37(34-32-26)28(4,5)6)18-25-20-36(33-31-25)16-23-12-10-22(11-13-23)9-7-8-14-41-42(38,39)40;1-26(2,3)30-14-23(29)16-35(18-25-20-37(34-32-25)27(4,5)6)17-24-19-36(33-31-24)15-22-11-9-21(10-12-22)8-7-13-28;19-16(9-20-3-5-28)10-25(11-17-13-26(4-6-29)23-21-17)12-18-14-27(24-22-18)15-33-7-1-2-8-34-35(30,31)32;18-2-1-7-30-14-27-13-17(22-24-27)11-25(9-15(19)8-20-3-5-28)10-16-12-26(4-6-29)23-21-16;;;;/h10-13,15,20-21,30-31,33H,7-9,14,16-19,29H2,1-6H3,(H,38,39,40);9-12,14,19-20,30H,7-8,13,15-18,29H2,1-6H3;9,13-14,20,22,24,28-29H,1-8,10-12,15,19H2,(H,30,31,32);8,12-13,20,22,24,28-29H,1-7,9-11,14,19H2;4*1H3/p-1/b24-15-;23-14-;16-9-;15-8-;;;;. The van der Waals surface area contributed by atoms with Crippen molar-refractivity contribution >= 4 is 20.8 Å². The summed E-state index contributed by atoms with van der Waals surface area (Å²) >= 11 is 0. The number of nitrogens with one attached hydrogen (secondary N) is 10. The average Bonchev–Trinajstić information content (AvgIpc) is 1.70. The lowest BCUT2D eigenvalue weighted by molar-refractivity contribution is 0.0268. The molecule has 10 rings (SSSR count). The molecule has 0 radical (unpaired) electrons. The number of hydrogen-bond donors (Lipinski definition) is 23. The summed E-state index contributed by atoms with van der Waals surface area (Å²) in [5.74, 6) is 0. The van der Waals surface area contributed by atoms with E-state index in [4.69, 9.17) is 57.4 Å². The Hall–Kier alpha value is -11.6. The van der Waals surface area contributed by atoms with E-state index in [1.54, 1.807) is 44.2 Å². The molecule has 0 spiro atoms. The van der Waals surface area contributed by atoms with E-state index in [-0.39, 0.29) is 99.8 Å². The number of benzene rings is 2. The molecule has 0 fully saturated rings. The molecule has 0 bridgehead atoms. The number of aliphatic hydroxyl groups is 4. The highest BCUT2D eigenvalue weighted by atomic mass is 32.3. The molecule has 0 aliphatic carbocycles. The van der Waals surface area contributed by atoms with Crippen molar-refractivity contribution in [1.82, 2.24) is 188 Å². The molecule has 0 amide bonds. The van der Waals surface area contributed by atoms with Crippen molar-refractivity contribution in [2.24, 2.45) is 22.9 Å². The number of unbranched alkanes of at least 4 members (excludes halogenated alkanes) is 2. The van der Waals surface area contributed by atoms with Gasteiger partial charge < -0.3 is 120 Å². The van der Waals surface area contributed by atoms with Crippen LogP contribution >= 0.6 is 0 Å². The summed E-state index contributed by atoms with van der Waals surface area (Å²) in [6.07, 6.45) is 27.0. The van der Waals surface area contributed by atoms with Crippen molar-refractivity contribution < 1.29 is 73.0 Å². The molecule has 7 aromatic rings. The van der Waals surface area contributed by atoms with E-state index >= 15 is 0 Å². The van der Waals surface area contributed by atoms with Gasteiger partial charge in [-0.1, -0.05) is 74.6 Å². The molecule has 838 valence electrons. The third-order valence-electron chi connectivity index (χ3n) is 20.3. The fraction of sp³-hybridized carbons (Fsp3) is 0.600. The van der Waals surface area contributed by atoms with Crippen molar-refractivity contribution in [2.75, 3.05) is 139 Å². The Kier molecular flexibility index (Phi) is 59.6. The highest BCUT2D eigenvalue weighted by Gasteiger charge is 2.26. The van der Waals surface area contributed by atoms with E-state index in [9.17, 15) is 30.2 Å². The molecular weight excluding hydrogens is 1970 g/mol. The summed E-state index contributed by atoms with van der Waals surface area (Å²) in [7, 11) is -9.02. The maximum atomic E-state index is 12.4. The van der Waals surface area contributed by atoms with Gasteiger partial charge in [-0.05, 0) is 157 Å². The second-order valence-corrected chi connectivity index (χ2v) is 40.6. The van der Waals surface area contributed by atoms with Crippen LogP contribution in [0.4, 0.5) is 8.78 Å². The molecule has 0 saturated heterocycles. The molecule has 35 N–H and O–H groups in total. The molecule has 3 aliphatic rings. The van der Waals surface area contributed by atoms with Crippen molar-refractivity contribution in [3.8, 4) is 0 Å². The summed E-state index contributed by atoms with van der Waals surface area (Å²) in [5.41, 5.74) is 57.1. The van der Waals surface area contributed by atoms with Crippen LogP contribution in [0.2, 0.25) is 0 Å². The van der Waals surface area contributed by atoms with Crippen LogP contribution in [0.5, 0.6) is 0 Å². The van der Waals surface area contributed by atoms with Crippen molar-refractivity contribution in [3.63, 3.8) is 0 Å². The Morgan fingerprint density at radius 1 is 0.419 bits per heavy atom. The van der Waals surface area contributed by atoms with Crippen LogP contribution in [0, 0.1) is 0 Å². The molecular formula is C90H167F2N40O14S2-. The minimum atomic E-state index is -4.65. The minimum absolute atomic E-state index is 0. The predicted molar refractivity (Wildman–Crippen MR) is 555 cm³/mol. The Balaban J connectivity index is 0.000000505.